The third-order valence-electron chi connectivity index (χ3n) is 2.76. The van der Waals surface area contributed by atoms with E-state index < -0.39 is 15.7 Å². The van der Waals surface area contributed by atoms with Crippen LogP contribution in [-0.4, -0.2) is 20.6 Å². The van der Waals surface area contributed by atoms with E-state index in [1.54, 1.807) is 18.2 Å². The molecule has 5 nitrogen and oxygen atoms in total. The predicted octanol–water partition coefficient (Wildman–Crippen LogP) is 2.58. The lowest BCUT2D eigenvalue weighted by atomic mass is 10.2. The van der Waals surface area contributed by atoms with Crippen molar-refractivity contribution in [1.29, 1.82) is 0 Å². The number of sulfone groups is 1. The highest BCUT2D eigenvalue weighted by Gasteiger charge is 2.13. The molecule has 7 heteroatoms. The van der Waals surface area contributed by atoms with Crippen molar-refractivity contribution in [2.45, 2.75) is 4.90 Å². The van der Waals surface area contributed by atoms with Crippen molar-refractivity contribution in [3.05, 3.63) is 53.1 Å². The summed E-state index contributed by atoms with van der Waals surface area (Å²) in [5, 5.41) is 2.83. The van der Waals surface area contributed by atoms with Crippen molar-refractivity contribution in [2.75, 3.05) is 17.3 Å². The number of nitrogens with one attached hydrogen (secondary N) is 1. The highest BCUT2D eigenvalue weighted by molar-refractivity contribution is 7.90. The number of hydrogen-bond donors (Lipinski definition) is 2. The number of carbonyl (C=O) groups excluding carboxylic acids is 1. The number of carbonyl (C=O) groups is 1. The van der Waals surface area contributed by atoms with Crippen LogP contribution in [0.15, 0.2) is 47.4 Å². The van der Waals surface area contributed by atoms with E-state index in [2.05, 4.69) is 5.32 Å². The molecule has 0 aromatic heterocycles. The molecule has 21 heavy (non-hydrogen) atoms. The Morgan fingerprint density at radius 1 is 1.19 bits per heavy atom. The molecule has 2 rings (SSSR count). The van der Waals surface area contributed by atoms with E-state index >= 15 is 0 Å². The second kappa shape index (κ2) is 5.75. The van der Waals surface area contributed by atoms with Gasteiger partial charge < -0.3 is 11.1 Å². The summed E-state index contributed by atoms with van der Waals surface area (Å²) in [6, 6.07) is 10.6. The summed E-state index contributed by atoms with van der Waals surface area (Å²) in [5.41, 5.74) is 6.66. The van der Waals surface area contributed by atoms with Crippen molar-refractivity contribution < 1.29 is 13.2 Å². The fourth-order valence-corrected chi connectivity index (χ4v) is 2.52. The van der Waals surface area contributed by atoms with Crippen LogP contribution in [-0.2, 0) is 9.84 Å². The van der Waals surface area contributed by atoms with Gasteiger partial charge in [-0.2, -0.15) is 0 Å². The van der Waals surface area contributed by atoms with Gasteiger partial charge >= 0.3 is 0 Å². The third kappa shape index (κ3) is 3.74. The van der Waals surface area contributed by atoms with Gasteiger partial charge in [-0.15, -0.1) is 0 Å². The second-order valence-corrected chi connectivity index (χ2v) is 6.92. The number of hydrogen-bond acceptors (Lipinski definition) is 4. The normalized spacial score (nSPS) is 11.1. The van der Waals surface area contributed by atoms with Crippen LogP contribution in [0.4, 0.5) is 11.4 Å². The first-order chi connectivity index (χ1) is 9.77. The van der Waals surface area contributed by atoms with Gasteiger partial charge in [-0.1, -0.05) is 17.7 Å². The van der Waals surface area contributed by atoms with E-state index in [1.807, 2.05) is 0 Å². The maximum atomic E-state index is 12.1. The third-order valence-corrected chi connectivity index (χ3v) is 4.20. The molecular formula is C14H13ClN2O3S. The Balaban J connectivity index is 2.33. The largest absolute Gasteiger partial charge is 0.399 e. The van der Waals surface area contributed by atoms with Gasteiger partial charge in [0.1, 0.15) is 0 Å². The minimum Gasteiger partial charge on any atom is -0.399 e. The molecule has 0 spiro atoms. The Hall–Kier alpha value is -2.05. The molecule has 0 saturated carbocycles. The SMILES string of the molecule is CS(=O)(=O)c1ccc(Cl)c(NC(=O)c2cccc(N)c2)c1. The Labute approximate surface area is 127 Å². The molecule has 0 radical (unpaired) electrons. The summed E-state index contributed by atoms with van der Waals surface area (Å²) in [6.07, 6.45) is 1.08. The molecule has 0 aliphatic heterocycles. The molecule has 0 bridgehead atoms. The molecule has 3 N–H and O–H groups in total. The van der Waals surface area contributed by atoms with Crippen LogP contribution in [0.25, 0.3) is 0 Å². The van der Waals surface area contributed by atoms with E-state index in [4.69, 9.17) is 17.3 Å². The molecule has 0 atom stereocenters. The predicted molar refractivity (Wildman–Crippen MR) is 83.4 cm³/mol. The molecule has 0 unspecified atom stereocenters. The summed E-state index contributed by atoms with van der Waals surface area (Å²) in [6.45, 7) is 0. The lowest BCUT2D eigenvalue weighted by Crippen LogP contribution is -2.13. The Morgan fingerprint density at radius 2 is 1.90 bits per heavy atom. The summed E-state index contributed by atoms with van der Waals surface area (Å²) in [5.74, 6) is -0.421. The zero-order valence-corrected chi connectivity index (χ0v) is 12.7. The lowest BCUT2D eigenvalue weighted by molar-refractivity contribution is 0.102. The zero-order chi connectivity index (χ0) is 15.6. The number of anilines is 2. The van der Waals surface area contributed by atoms with Gasteiger partial charge in [0, 0.05) is 17.5 Å². The summed E-state index contributed by atoms with van der Waals surface area (Å²) in [4.78, 5) is 12.2. The molecule has 0 aliphatic rings. The van der Waals surface area contributed by atoms with Crippen molar-refractivity contribution >= 4 is 38.7 Å². The molecule has 2 aromatic rings. The molecule has 110 valence electrons. The van der Waals surface area contributed by atoms with E-state index in [1.165, 1.54) is 24.3 Å². The van der Waals surface area contributed by atoms with Crippen LogP contribution in [0.1, 0.15) is 10.4 Å². The lowest BCUT2D eigenvalue weighted by Gasteiger charge is -2.09. The minimum absolute atomic E-state index is 0.0785. The van der Waals surface area contributed by atoms with Gasteiger partial charge in [-0.3, -0.25) is 4.79 Å². The number of amides is 1. The summed E-state index contributed by atoms with van der Waals surface area (Å²) >= 11 is 5.97. The topological polar surface area (TPSA) is 89.3 Å². The monoisotopic (exact) mass is 324 g/mol. The van der Waals surface area contributed by atoms with Gasteiger partial charge in [-0.25, -0.2) is 8.42 Å². The molecular weight excluding hydrogens is 312 g/mol. The van der Waals surface area contributed by atoms with Gasteiger partial charge in [-0.05, 0) is 36.4 Å². The van der Waals surface area contributed by atoms with Gasteiger partial charge in [0.25, 0.3) is 5.91 Å². The highest BCUT2D eigenvalue weighted by Crippen LogP contribution is 2.26. The maximum absolute atomic E-state index is 12.1. The van der Waals surface area contributed by atoms with Gasteiger partial charge in [0.05, 0.1) is 15.6 Å². The van der Waals surface area contributed by atoms with Crippen LogP contribution < -0.4 is 11.1 Å². The fourth-order valence-electron chi connectivity index (χ4n) is 1.71. The fraction of sp³-hybridized carbons (Fsp3) is 0.0714. The summed E-state index contributed by atoms with van der Waals surface area (Å²) < 4.78 is 23.0. The van der Waals surface area contributed by atoms with Crippen LogP contribution in [0.5, 0.6) is 0 Å². The van der Waals surface area contributed by atoms with E-state index in [0.29, 0.717) is 11.3 Å². The van der Waals surface area contributed by atoms with Gasteiger partial charge in [0.2, 0.25) is 0 Å². The van der Waals surface area contributed by atoms with Gasteiger partial charge in [0.15, 0.2) is 9.84 Å². The van der Waals surface area contributed by atoms with Crippen molar-refractivity contribution in [1.82, 2.24) is 0 Å². The first-order valence-electron chi connectivity index (χ1n) is 5.94. The van der Waals surface area contributed by atoms with Crippen LogP contribution in [0, 0.1) is 0 Å². The molecule has 0 saturated heterocycles. The molecule has 2 aromatic carbocycles. The first kappa shape index (κ1) is 15.3. The first-order valence-corrected chi connectivity index (χ1v) is 8.21. The van der Waals surface area contributed by atoms with Crippen LogP contribution in [0.3, 0.4) is 0 Å². The average molecular weight is 325 g/mol. The van der Waals surface area contributed by atoms with E-state index in [-0.39, 0.29) is 15.6 Å². The number of halogens is 1. The smallest absolute Gasteiger partial charge is 0.255 e. The maximum Gasteiger partial charge on any atom is 0.255 e. The number of rotatable bonds is 3. The Kier molecular flexibility index (Phi) is 4.20. The number of nitrogen functional groups attached to an aromatic ring is 1. The quantitative estimate of drug-likeness (QED) is 0.849. The minimum atomic E-state index is -3.38. The number of nitrogens with two attached hydrogens (primary N) is 1. The molecule has 0 fully saturated rings. The number of benzene rings is 2. The Bertz CT molecular complexity index is 804. The van der Waals surface area contributed by atoms with E-state index in [0.717, 1.165) is 6.26 Å². The second-order valence-electron chi connectivity index (χ2n) is 4.49. The van der Waals surface area contributed by atoms with Crippen LogP contribution in [0.2, 0.25) is 5.02 Å². The highest BCUT2D eigenvalue weighted by atomic mass is 35.5. The average Bonchev–Trinajstić information content (AvgIpc) is 2.40. The van der Waals surface area contributed by atoms with E-state index in [9.17, 15) is 13.2 Å². The van der Waals surface area contributed by atoms with Crippen molar-refractivity contribution in [3.8, 4) is 0 Å². The molecule has 0 aliphatic carbocycles. The van der Waals surface area contributed by atoms with Crippen molar-refractivity contribution in [2.24, 2.45) is 0 Å². The molecule has 0 heterocycles. The van der Waals surface area contributed by atoms with Crippen molar-refractivity contribution in [3.63, 3.8) is 0 Å². The Morgan fingerprint density at radius 3 is 2.52 bits per heavy atom. The van der Waals surface area contributed by atoms with Crippen LogP contribution >= 0.6 is 11.6 Å². The standard InChI is InChI=1S/C14H13ClN2O3S/c1-21(19,20)11-5-6-12(15)13(8-11)17-14(18)9-3-2-4-10(16)7-9/h2-8H,16H2,1H3,(H,17,18). The molecule has 1 amide bonds. The zero-order valence-electron chi connectivity index (χ0n) is 11.1. The summed E-state index contributed by atoms with van der Waals surface area (Å²) in [7, 11) is -3.38.